The Bertz CT molecular complexity index is 769. The number of benzene rings is 1. The first-order chi connectivity index (χ1) is 14.0. The summed E-state index contributed by atoms with van der Waals surface area (Å²) in [4.78, 5) is 9.26. The maximum Gasteiger partial charge on any atom is 0.416 e. The minimum atomic E-state index is -4.36. The third kappa shape index (κ3) is 7.03. The van der Waals surface area contributed by atoms with E-state index in [1.54, 1.807) is 6.07 Å². The van der Waals surface area contributed by atoms with E-state index in [0.717, 1.165) is 70.5 Å². The molecule has 5 nitrogen and oxygen atoms in total. The average Bonchev–Trinajstić information content (AvgIpc) is 3.21. The Morgan fingerprint density at radius 2 is 2.03 bits per heavy atom. The van der Waals surface area contributed by atoms with Crippen LogP contribution in [-0.4, -0.2) is 74.3 Å². The van der Waals surface area contributed by atoms with E-state index in [9.17, 15) is 13.2 Å². The third-order valence-corrected chi connectivity index (χ3v) is 5.09. The number of nitrogens with zero attached hydrogens (tertiary/aromatic N) is 3. The Balaban J connectivity index is 0.00000320. The summed E-state index contributed by atoms with van der Waals surface area (Å²) in [7, 11) is 0. The van der Waals surface area contributed by atoms with Crippen LogP contribution in [0.15, 0.2) is 29.3 Å². The van der Waals surface area contributed by atoms with Gasteiger partial charge in [-0.2, -0.15) is 13.2 Å². The van der Waals surface area contributed by atoms with Crippen LogP contribution in [0.4, 0.5) is 13.2 Å². The lowest BCUT2D eigenvalue weighted by molar-refractivity contribution is -0.137. The summed E-state index contributed by atoms with van der Waals surface area (Å²) < 4.78 is 43.8. The van der Waals surface area contributed by atoms with Crippen molar-refractivity contribution in [3.05, 3.63) is 35.4 Å². The lowest BCUT2D eigenvalue weighted by Gasteiger charge is -2.32. The Hall–Kier alpha value is -1.51. The number of halogens is 4. The van der Waals surface area contributed by atoms with Crippen molar-refractivity contribution in [1.29, 1.82) is 0 Å². The predicted molar refractivity (Wildman–Crippen MR) is 122 cm³/mol. The molecule has 1 aromatic carbocycles. The van der Waals surface area contributed by atoms with Gasteiger partial charge in [-0.05, 0) is 31.5 Å². The molecule has 0 amide bonds. The van der Waals surface area contributed by atoms with Crippen molar-refractivity contribution in [2.45, 2.75) is 25.6 Å². The highest BCUT2D eigenvalue weighted by atomic mass is 127. The molecule has 1 atom stereocenters. The van der Waals surface area contributed by atoms with Gasteiger partial charge in [0, 0.05) is 44.3 Å². The van der Waals surface area contributed by atoms with Crippen molar-refractivity contribution >= 4 is 29.9 Å². The van der Waals surface area contributed by atoms with Crippen LogP contribution in [-0.2, 0) is 10.9 Å². The fraction of sp³-hybridized carbons (Fsp3) is 0.571. The molecule has 30 heavy (non-hydrogen) atoms. The summed E-state index contributed by atoms with van der Waals surface area (Å²) in [6.45, 7) is 8.34. The van der Waals surface area contributed by atoms with Gasteiger partial charge in [-0.15, -0.1) is 24.0 Å². The molecule has 1 N–H and O–H groups in total. The summed E-state index contributed by atoms with van der Waals surface area (Å²) in [5.74, 6) is 6.46. The molecule has 1 unspecified atom stereocenters. The Morgan fingerprint density at radius 1 is 1.27 bits per heavy atom. The van der Waals surface area contributed by atoms with Crippen molar-refractivity contribution in [1.82, 2.24) is 15.1 Å². The zero-order chi connectivity index (χ0) is 20.7. The van der Waals surface area contributed by atoms with E-state index >= 15 is 0 Å². The molecular formula is C21H28F3IN4O. The molecule has 0 spiro atoms. The SMILES string of the molecule is CCNC(=NCC#Cc1cccc(C(F)(F)F)c1)N1CCC(N2CCOCC2)C1.I. The molecule has 1 aromatic rings. The largest absolute Gasteiger partial charge is 0.416 e. The summed E-state index contributed by atoms with van der Waals surface area (Å²) in [6, 6.07) is 5.56. The highest BCUT2D eigenvalue weighted by Gasteiger charge is 2.31. The van der Waals surface area contributed by atoms with E-state index in [2.05, 4.69) is 31.9 Å². The number of morpholine rings is 1. The van der Waals surface area contributed by atoms with Crippen LogP contribution in [0, 0.1) is 11.8 Å². The number of likely N-dealkylation sites (tertiary alicyclic amines) is 1. The summed E-state index contributed by atoms with van der Waals surface area (Å²) in [6.07, 6.45) is -3.28. The van der Waals surface area contributed by atoms with Crippen LogP contribution in [0.2, 0.25) is 0 Å². The van der Waals surface area contributed by atoms with Crippen LogP contribution in [0.3, 0.4) is 0 Å². The van der Waals surface area contributed by atoms with Gasteiger partial charge in [0.25, 0.3) is 0 Å². The number of hydrogen-bond donors (Lipinski definition) is 1. The van der Waals surface area contributed by atoms with E-state index in [1.807, 2.05) is 6.92 Å². The van der Waals surface area contributed by atoms with Gasteiger partial charge in [0.05, 0.1) is 18.8 Å². The van der Waals surface area contributed by atoms with E-state index in [-0.39, 0.29) is 30.5 Å². The first-order valence-corrected chi connectivity index (χ1v) is 9.98. The van der Waals surface area contributed by atoms with Crippen LogP contribution >= 0.6 is 24.0 Å². The molecule has 0 saturated carbocycles. The molecule has 0 aliphatic carbocycles. The molecule has 2 heterocycles. The van der Waals surface area contributed by atoms with Gasteiger partial charge in [0.15, 0.2) is 5.96 Å². The molecule has 2 aliphatic heterocycles. The van der Waals surface area contributed by atoms with Gasteiger partial charge in [-0.25, -0.2) is 4.99 Å². The van der Waals surface area contributed by atoms with Gasteiger partial charge >= 0.3 is 6.18 Å². The fourth-order valence-electron chi connectivity index (χ4n) is 3.63. The van der Waals surface area contributed by atoms with E-state index < -0.39 is 11.7 Å². The number of hydrogen-bond acceptors (Lipinski definition) is 3. The molecule has 2 saturated heterocycles. The van der Waals surface area contributed by atoms with Crippen molar-refractivity contribution in [3.63, 3.8) is 0 Å². The number of ether oxygens (including phenoxy) is 1. The molecule has 3 rings (SSSR count). The Morgan fingerprint density at radius 3 is 2.73 bits per heavy atom. The Labute approximate surface area is 193 Å². The molecular weight excluding hydrogens is 508 g/mol. The molecule has 2 aliphatic rings. The predicted octanol–water partition coefficient (Wildman–Crippen LogP) is 3.05. The molecule has 0 aromatic heterocycles. The smallest absolute Gasteiger partial charge is 0.379 e. The van der Waals surface area contributed by atoms with E-state index in [4.69, 9.17) is 4.74 Å². The summed E-state index contributed by atoms with van der Waals surface area (Å²) in [5, 5.41) is 3.29. The second-order valence-electron chi connectivity index (χ2n) is 7.09. The first-order valence-electron chi connectivity index (χ1n) is 9.98. The van der Waals surface area contributed by atoms with Crippen molar-refractivity contribution < 1.29 is 17.9 Å². The van der Waals surface area contributed by atoms with Crippen molar-refractivity contribution in [2.24, 2.45) is 4.99 Å². The van der Waals surface area contributed by atoms with Gasteiger partial charge in [0.2, 0.25) is 0 Å². The van der Waals surface area contributed by atoms with Gasteiger partial charge in [0.1, 0.15) is 6.54 Å². The van der Waals surface area contributed by atoms with E-state index in [0.29, 0.717) is 11.6 Å². The normalized spacial score (nSPS) is 20.3. The van der Waals surface area contributed by atoms with Crippen molar-refractivity contribution in [3.8, 4) is 11.8 Å². The monoisotopic (exact) mass is 536 g/mol. The lowest BCUT2D eigenvalue weighted by Crippen LogP contribution is -2.46. The Kier molecular flexibility index (Phi) is 9.71. The zero-order valence-corrected chi connectivity index (χ0v) is 19.4. The molecule has 9 heteroatoms. The summed E-state index contributed by atoms with van der Waals surface area (Å²) in [5.41, 5.74) is -0.346. The standard InChI is InChI=1S/C21H27F3N4O.HI/c1-2-25-20(28-10-8-19(16-28)27-11-13-29-14-12-27)26-9-4-6-17-5-3-7-18(15-17)21(22,23)24;/h3,5,7,15,19H,2,8-14,16H2,1H3,(H,25,26);1H. The number of nitrogens with one attached hydrogen (secondary N) is 1. The molecule has 0 radical (unpaired) electrons. The number of guanidine groups is 1. The minimum absolute atomic E-state index is 0. The minimum Gasteiger partial charge on any atom is -0.379 e. The average molecular weight is 536 g/mol. The van der Waals surface area contributed by atoms with Crippen LogP contribution < -0.4 is 5.32 Å². The maximum absolute atomic E-state index is 12.8. The second kappa shape index (κ2) is 11.8. The van der Waals surface area contributed by atoms with Crippen LogP contribution in [0.5, 0.6) is 0 Å². The zero-order valence-electron chi connectivity index (χ0n) is 17.0. The number of rotatable bonds is 3. The molecule has 2 fully saturated rings. The highest BCUT2D eigenvalue weighted by Crippen LogP contribution is 2.29. The number of aliphatic imine (C=N–C) groups is 1. The van der Waals surface area contributed by atoms with Crippen LogP contribution in [0.1, 0.15) is 24.5 Å². The fourth-order valence-corrected chi connectivity index (χ4v) is 3.63. The van der Waals surface area contributed by atoms with Gasteiger partial charge < -0.3 is 15.0 Å². The summed E-state index contributed by atoms with van der Waals surface area (Å²) >= 11 is 0. The van der Waals surface area contributed by atoms with Gasteiger partial charge in [-0.3, -0.25) is 4.90 Å². The second-order valence-corrected chi connectivity index (χ2v) is 7.09. The molecule has 0 bridgehead atoms. The topological polar surface area (TPSA) is 40.1 Å². The van der Waals surface area contributed by atoms with Crippen LogP contribution in [0.25, 0.3) is 0 Å². The third-order valence-electron chi connectivity index (χ3n) is 5.09. The molecule has 166 valence electrons. The number of alkyl halides is 3. The first kappa shape index (κ1) is 24.8. The van der Waals surface area contributed by atoms with E-state index in [1.165, 1.54) is 6.07 Å². The van der Waals surface area contributed by atoms with Gasteiger partial charge in [-0.1, -0.05) is 17.9 Å². The van der Waals surface area contributed by atoms with Crippen molar-refractivity contribution in [2.75, 3.05) is 52.5 Å². The lowest BCUT2D eigenvalue weighted by atomic mass is 10.1. The quantitative estimate of drug-likeness (QED) is 0.279. The highest BCUT2D eigenvalue weighted by molar-refractivity contribution is 14.0. The maximum atomic E-state index is 12.8.